The fourth-order valence-electron chi connectivity index (χ4n) is 4.99. The molecule has 2 heterocycles. The van der Waals surface area contributed by atoms with E-state index in [1.54, 1.807) is 12.2 Å². The van der Waals surface area contributed by atoms with Crippen LogP contribution in [0.15, 0.2) is 12.2 Å². The van der Waals surface area contributed by atoms with Crippen molar-refractivity contribution in [2.24, 2.45) is 35.5 Å². The second kappa shape index (κ2) is 5.22. The molecule has 3 aliphatic carbocycles. The quantitative estimate of drug-likeness (QED) is 0.453. The molecule has 0 radical (unpaired) electrons. The standard InChI is InChI=1S/C16H18N2O6/c19-5-3-17-13(21)9-7-1-2-8(11(9)15(17)23)12-10(7)14(22)18(4-6-20)16(12)24/h1-2,7-12,19-20H,3-6H2/t7?,8?,9-,10+,11-,12+. The first-order chi connectivity index (χ1) is 11.5. The van der Waals surface area contributed by atoms with Gasteiger partial charge >= 0.3 is 0 Å². The Hall–Kier alpha value is -2.06. The molecule has 2 N–H and O–H groups in total. The summed E-state index contributed by atoms with van der Waals surface area (Å²) in [6, 6.07) is 0. The van der Waals surface area contributed by atoms with Crippen LogP contribution < -0.4 is 0 Å². The van der Waals surface area contributed by atoms with E-state index in [0.29, 0.717) is 0 Å². The van der Waals surface area contributed by atoms with Gasteiger partial charge < -0.3 is 10.2 Å². The Bertz CT molecular complexity index is 573. The number of hydrogen-bond donors (Lipinski definition) is 2. The lowest BCUT2D eigenvalue weighted by molar-refractivity contribution is -0.140. The molecule has 8 nitrogen and oxygen atoms in total. The van der Waals surface area contributed by atoms with Crippen LogP contribution >= 0.6 is 0 Å². The number of allylic oxidation sites excluding steroid dienone is 2. The number of hydrogen-bond acceptors (Lipinski definition) is 6. The largest absolute Gasteiger partial charge is 0.395 e. The maximum Gasteiger partial charge on any atom is 0.233 e. The Morgan fingerprint density at radius 2 is 0.958 bits per heavy atom. The third-order valence-electron chi connectivity index (χ3n) is 5.84. The van der Waals surface area contributed by atoms with Crippen LogP contribution in [0, 0.1) is 35.5 Å². The molecule has 0 spiro atoms. The van der Waals surface area contributed by atoms with Gasteiger partial charge in [-0.15, -0.1) is 0 Å². The Morgan fingerprint density at radius 1 is 0.667 bits per heavy atom. The van der Waals surface area contributed by atoms with Crippen LogP contribution in [-0.2, 0) is 19.2 Å². The van der Waals surface area contributed by atoms with Gasteiger partial charge in [0.1, 0.15) is 0 Å². The number of nitrogens with zero attached hydrogens (tertiary/aromatic N) is 2. The predicted molar refractivity (Wildman–Crippen MR) is 77.7 cm³/mol. The minimum Gasteiger partial charge on any atom is -0.395 e. The zero-order valence-electron chi connectivity index (χ0n) is 12.9. The van der Waals surface area contributed by atoms with E-state index in [0.717, 1.165) is 9.80 Å². The number of aliphatic hydroxyl groups excluding tert-OH is 2. The average molecular weight is 334 g/mol. The van der Waals surface area contributed by atoms with Crippen molar-refractivity contribution in [3.8, 4) is 0 Å². The van der Waals surface area contributed by atoms with Gasteiger partial charge in [0.2, 0.25) is 23.6 Å². The normalized spacial score (nSPS) is 39.9. The molecule has 6 atom stereocenters. The van der Waals surface area contributed by atoms with Crippen LogP contribution in [0.2, 0.25) is 0 Å². The Balaban J connectivity index is 1.74. The fraction of sp³-hybridized carbons (Fsp3) is 0.625. The van der Waals surface area contributed by atoms with Crippen molar-refractivity contribution in [3.63, 3.8) is 0 Å². The number of rotatable bonds is 4. The SMILES string of the molecule is O=C1[C@@H]2C3C=CC([C@H]2C(=O)N1CCO)[C@@H]1C(=O)N(CCO)C(=O)[C@@H]31. The van der Waals surface area contributed by atoms with Gasteiger partial charge in [0.25, 0.3) is 0 Å². The molecule has 2 saturated heterocycles. The number of likely N-dealkylation sites (tertiary alicyclic amines) is 2. The summed E-state index contributed by atoms with van der Waals surface area (Å²) in [4.78, 5) is 52.6. The summed E-state index contributed by atoms with van der Waals surface area (Å²) in [5.74, 6) is -4.95. The summed E-state index contributed by atoms with van der Waals surface area (Å²) in [6.07, 6.45) is 3.57. The molecular formula is C16H18N2O6. The molecule has 24 heavy (non-hydrogen) atoms. The molecule has 8 heteroatoms. The minimum atomic E-state index is -0.633. The van der Waals surface area contributed by atoms with Crippen molar-refractivity contribution in [3.05, 3.63) is 12.2 Å². The second-order valence-electron chi connectivity index (χ2n) is 6.75. The van der Waals surface area contributed by atoms with E-state index in [1.807, 2.05) is 0 Å². The predicted octanol–water partition coefficient (Wildman–Crippen LogP) is -2.01. The summed E-state index contributed by atoms with van der Waals surface area (Å²) in [7, 11) is 0. The van der Waals surface area contributed by atoms with Gasteiger partial charge in [-0.25, -0.2) is 0 Å². The number of amides is 4. The number of β-amino-alcohol motifs (C(OH)–C–C–N with tert-alkyl or cyclic N) is 2. The maximum atomic E-state index is 12.6. The number of carbonyl (C=O) groups excluding carboxylic acids is 4. The van der Waals surface area contributed by atoms with Crippen molar-refractivity contribution < 1.29 is 29.4 Å². The lowest BCUT2D eigenvalue weighted by Gasteiger charge is -2.44. The maximum absolute atomic E-state index is 12.6. The molecule has 0 aromatic heterocycles. The van der Waals surface area contributed by atoms with Gasteiger partial charge in [-0.05, 0) is 0 Å². The summed E-state index contributed by atoms with van der Waals surface area (Å²) >= 11 is 0. The summed E-state index contributed by atoms with van der Waals surface area (Å²) in [5, 5.41) is 18.2. The van der Waals surface area contributed by atoms with Crippen molar-refractivity contribution in [1.82, 2.24) is 9.80 Å². The average Bonchev–Trinajstić information content (AvgIpc) is 2.99. The van der Waals surface area contributed by atoms with Crippen LogP contribution in [0.3, 0.4) is 0 Å². The van der Waals surface area contributed by atoms with E-state index in [2.05, 4.69) is 0 Å². The highest BCUT2D eigenvalue weighted by Gasteiger charge is 2.68. The highest BCUT2D eigenvalue weighted by molar-refractivity contribution is 6.10. The summed E-state index contributed by atoms with van der Waals surface area (Å²) in [5.41, 5.74) is 0. The van der Waals surface area contributed by atoms with Crippen LogP contribution in [-0.4, -0.2) is 69.9 Å². The minimum absolute atomic E-state index is 0.0576. The molecule has 2 bridgehead atoms. The first-order valence-corrected chi connectivity index (χ1v) is 8.13. The first-order valence-electron chi connectivity index (χ1n) is 8.13. The monoisotopic (exact) mass is 334 g/mol. The summed E-state index contributed by atoms with van der Waals surface area (Å²) in [6.45, 7) is -0.737. The third-order valence-corrected chi connectivity index (χ3v) is 5.84. The Labute approximate surface area is 137 Å². The molecule has 1 saturated carbocycles. The van der Waals surface area contributed by atoms with Crippen LogP contribution in [0.25, 0.3) is 0 Å². The molecule has 128 valence electrons. The zero-order chi connectivity index (χ0) is 17.2. The molecule has 0 aromatic carbocycles. The molecular weight excluding hydrogens is 316 g/mol. The van der Waals surface area contributed by atoms with Crippen LogP contribution in [0.5, 0.6) is 0 Å². The summed E-state index contributed by atoms with van der Waals surface area (Å²) < 4.78 is 0. The van der Waals surface area contributed by atoms with E-state index < -0.39 is 35.5 Å². The Morgan fingerprint density at radius 3 is 1.21 bits per heavy atom. The third kappa shape index (κ3) is 1.70. The van der Waals surface area contributed by atoms with E-state index in [1.165, 1.54) is 0 Å². The van der Waals surface area contributed by atoms with Crippen LogP contribution in [0.1, 0.15) is 0 Å². The van der Waals surface area contributed by atoms with Crippen LogP contribution in [0.4, 0.5) is 0 Å². The number of carbonyl (C=O) groups is 4. The van der Waals surface area contributed by atoms with Gasteiger partial charge in [0.05, 0.1) is 50.0 Å². The topological polar surface area (TPSA) is 115 Å². The highest BCUT2D eigenvalue weighted by Crippen LogP contribution is 2.57. The smallest absolute Gasteiger partial charge is 0.233 e. The van der Waals surface area contributed by atoms with Crippen molar-refractivity contribution in [2.45, 2.75) is 0 Å². The van der Waals surface area contributed by atoms with Gasteiger partial charge in [-0.3, -0.25) is 29.0 Å². The van der Waals surface area contributed by atoms with E-state index >= 15 is 0 Å². The molecule has 5 rings (SSSR count). The highest BCUT2D eigenvalue weighted by atomic mass is 16.3. The number of aliphatic hydroxyl groups is 2. The number of imide groups is 2. The van der Waals surface area contributed by atoms with Crippen molar-refractivity contribution in [1.29, 1.82) is 0 Å². The second-order valence-corrected chi connectivity index (χ2v) is 6.75. The zero-order valence-corrected chi connectivity index (χ0v) is 12.9. The van der Waals surface area contributed by atoms with Gasteiger partial charge in [-0.2, -0.15) is 0 Å². The van der Waals surface area contributed by atoms with E-state index in [4.69, 9.17) is 10.2 Å². The van der Waals surface area contributed by atoms with Crippen molar-refractivity contribution >= 4 is 23.6 Å². The van der Waals surface area contributed by atoms with E-state index in [9.17, 15) is 19.2 Å². The molecule has 0 aromatic rings. The lowest BCUT2D eigenvalue weighted by Crippen LogP contribution is -2.50. The first kappa shape index (κ1) is 15.5. The van der Waals surface area contributed by atoms with Gasteiger partial charge in [0.15, 0.2) is 0 Å². The molecule has 3 fully saturated rings. The van der Waals surface area contributed by atoms with E-state index in [-0.39, 0.29) is 49.9 Å². The fourth-order valence-corrected chi connectivity index (χ4v) is 4.99. The molecule has 2 aliphatic heterocycles. The van der Waals surface area contributed by atoms with Gasteiger partial charge in [0, 0.05) is 11.8 Å². The molecule has 2 unspecified atom stereocenters. The molecule has 4 amide bonds. The lowest BCUT2D eigenvalue weighted by atomic mass is 9.54. The Kier molecular flexibility index (Phi) is 3.36. The van der Waals surface area contributed by atoms with Crippen molar-refractivity contribution in [2.75, 3.05) is 26.3 Å². The van der Waals surface area contributed by atoms with Gasteiger partial charge in [-0.1, -0.05) is 12.2 Å². The molecule has 5 aliphatic rings.